The van der Waals surface area contributed by atoms with Gasteiger partial charge in [0.25, 0.3) is 5.91 Å². The van der Waals surface area contributed by atoms with E-state index in [1.54, 1.807) is 4.90 Å². The molecule has 1 N–H and O–H groups in total. The average Bonchev–Trinajstić information content (AvgIpc) is 2.46. The molecule has 2 amide bonds. The first-order valence-electron chi connectivity index (χ1n) is 6.81. The fourth-order valence-corrected chi connectivity index (χ4v) is 2.66. The Morgan fingerprint density at radius 1 is 1.35 bits per heavy atom. The minimum Gasteiger partial charge on any atom is -0.352 e. The molecule has 1 aromatic rings. The largest absolute Gasteiger partial charge is 0.352 e. The second-order valence-corrected chi connectivity index (χ2v) is 5.39. The molecule has 20 heavy (non-hydrogen) atoms. The van der Waals surface area contributed by atoms with Crippen LogP contribution in [0.3, 0.4) is 0 Å². The standard InChI is InChI=1S/C15H19ClN2O2/c1-11(19)17-14-3-2-8-18(10-14)15(20)13-6-4-12(9-16)5-7-13/h4-7,14H,2-3,8-10H2,1H3,(H,17,19). The van der Waals surface area contributed by atoms with Gasteiger partial charge >= 0.3 is 0 Å². The van der Waals surface area contributed by atoms with Crippen LogP contribution in [0.4, 0.5) is 0 Å². The van der Waals surface area contributed by atoms with Crippen LogP contribution in [0.1, 0.15) is 35.7 Å². The second kappa shape index (κ2) is 6.75. The molecule has 1 heterocycles. The lowest BCUT2D eigenvalue weighted by Gasteiger charge is -2.33. The van der Waals surface area contributed by atoms with Crippen molar-refractivity contribution in [2.75, 3.05) is 13.1 Å². The van der Waals surface area contributed by atoms with E-state index < -0.39 is 0 Å². The summed E-state index contributed by atoms with van der Waals surface area (Å²) >= 11 is 5.74. The van der Waals surface area contributed by atoms with Crippen LogP contribution in [0, 0.1) is 0 Å². The lowest BCUT2D eigenvalue weighted by molar-refractivity contribution is -0.120. The second-order valence-electron chi connectivity index (χ2n) is 5.12. The number of hydrogen-bond donors (Lipinski definition) is 1. The summed E-state index contributed by atoms with van der Waals surface area (Å²) in [4.78, 5) is 25.3. The number of nitrogens with one attached hydrogen (secondary N) is 1. The number of halogens is 1. The highest BCUT2D eigenvalue weighted by Gasteiger charge is 2.24. The molecule has 0 radical (unpaired) electrons. The van der Waals surface area contributed by atoms with Crippen LogP contribution in [-0.2, 0) is 10.7 Å². The fourth-order valence-electron chi connectivity index (χ4n) is 2.49. The molecule has 2 rings (SSSR count). The van der Waals surface area contributed by atoms with E-state index in [4.69, 9.17) is 11.6 Å². The Morgan fingerprint density at radius 2 is 2.05 bits per heavy atom. The summed E-state index contributed by atoms with van der Waals surface area (Å²) in [6, 6.07) is 7.42. The smallest absolute Gasteiger partial charge is 0.253 e. The van der Waals surface area contributed by atoms with Crippen LogP contribution in [0.5, 0.6) is 0 Å². The van der Waals surface area contributed by atoms with Crippen LogP contribution in [-0.4, -0.2) is 35.8 Å². The van der Waals surface area contributed by atoms with Gasteiger partial charge in [0.1, 0.15) is 0 Å². The Bertz CT molecular complexity index is 487. The molecule has 0 bridgehead atoms. The van der Waals surface area contributed by atoms with E-state index in [1.807, 2.05) is 24.3 Å². The van der Waals surface area contributed by atoms with Crippen molar-refractivity contribution in [3.8, 4) is 0 Å². The lowest BCUT2D eigenvalue weighted by Crippen LogP contribution is -2.49. The van der Waals surface area contributed by atoms with Gasteiger partial charge in [-0.15, -0.1) is 11.6 Å². The molecule has 1 unspecified atom stereocenters. The van der Waals surface area contributed by atoms with Gasteiger partial charge in [0.05, 0.1) is 0 Å². The Hall–Kier alpha value is -1.55. The molecule has 0 saturated carbocycles. The van der Waals surface area contributed by atoms with E-state index in [-0.39, 0.29) is 17.9 Å². The predicted molar refractivity (Wildman–Crippen MR) is 78.7 cm³/mol. The molecule has 0 aliphatic carbocycles. The molecule has 1 aliphatic heterocycles. The van der Waals surface area contributed by atoms with Crippen molar-refractivity contribution in [3.63, 3.8) is 0 Å². The van der Waals surface area contributed by atoms with Crippen molar-refractivity contribution in [1.82, 2.24) is 10.2 Å². The summed E-state index contributed by atoms with van der Waals surface area (Å²) < 4.78 is 0. The zero-order valence-electron chi connectivity index (χ0n) is 11.6. The first kappa shape index (κ1) is 14.9. The molecule has 0 aromatic heterocycles. The summed E-state index contributed by atoms with van der Waals surface area (Å²) in [5.41, 5.74) is 1.67. The number of hydrogen-bond acceptors (Lipinski definition) is 2. The first-order chi connectivity index (χ1) is 9.60. The van der Waals surface area contributed by atoms with Crippen molar-refractivity contribution >= 4 is 23.4 Å². The number of benzene rings is 1. The molecular weight excluding hydrogens is 276 g/mol. The maximum Gasteiger partial charge on any atom is 0.253 e. The normalized spacial score (nSPS) is 18.7. The van der Waals surface area contributed by atoms with Gasteiger partial charge in [-0.2, -0.15) is 0 Å². The third-order valence-electron chi connectivity index (χ3n) is 3.47. The summed E-state index contributed by atoms with van der Waals surface area (Å²) in [5.74, 6) is 0.417. The highest BCUT2D eigenvalue weighted by molar-refractivity contribution is 6.17. The number of amides is 2. The topological polar surface area (TPSA) is 49.4 Å². The van der Waals surface area contributed by atoms with E-state index in [2.05, 4.69) is 5.32 Å². The zero-order chi connectivity index (χ0) is 14.5. The number of carbonyl (C=O) groups excluding carboxylic acids is 2. The minimum absolute atomic E-state index is 0.0150. The monoisotopic (exact) mass is 294 g/mol. The molecular formula is C15H19ClN2O2. The van der Waals surface area contributed by atoms with E-state index >= 15 is 0 Å². The number of likely N-dealkylation sites (tertiary alicyclic amines) is 1. The summed E-state index contributed by atoms with van der Waals surface area (Å²) in [5, 5.41) is 2.89. The Labute approximate surface area is 124 Å². The minimum atomic E-state index is -0.0456. The molecule has 1 aliphatic rings. The van der Waals surface area contributed by atoms with Crippen LogP contribution >= 0.6 is 11.6 Å². The third-order valence-corrected chi connectivity index (χ3v) is 3.78. The van der Waals surface area contributed by atoms with Crippen molar-refractivity contribution < 1.29 is 9.59 Å². The highest BCUT2D eigenvalue weighted by Crippen LogP contribution is 2.15. The van der Waals surface area contributed by atoms with Gasteiger partial charge in [-0.3, -0.25) is 9.59 Å². The van der Waals surface area contributed by atoms with Gasteiger partial charge in [0.15, 0.2) is 0 Å². The summed E-state index contributed by atoms with van der Waals surface area (Å²) in [6.07, 6.45) is 1.84. The van der Waals surface area contributed by atoms with Gasteiger partial charge in [0.2, 0.25) is 5.91 Å². The van der Waals surface area contributed by atoms with Crippen molar-refractivity contribution in [1.29, 1.82) is 0 Å². The van der Waals surface area contributed by atoms with Gasteiger partial charge in [-0.25, -0.2) is 0 Å². The van der Waals surface area contributed by atoms with Gasteiger partial charge in [-0.1, -0.05) is 12.1 Å². The zero-order valence-corrected chi connectivity index (χ0v) is 12.3. The Kier molecular flexibility index (Phi) is 5.01. The molecule has 0 spiro atoms. The number of piperidine rings is 1. The quantitative estimate of drug-likeness (QED) is 0.869. The molecule has 5 heteroatoms. The lowest BCUT2D eigenvalue weighted by atomic mass is 10.0. The van der Waals surface area contributed by atoms with Gasteiger partial charge < -0.3 is 10.2 Å². The van der Waals surface area contributed by atoms with Crippen LogP contribution < -0.4 is 5.32 Å². The van der Waals surface area contributed by atoms with Crippen molar-refractivity contribution in [2.45, 2.75) is 31.7 Å². The van der Waals surface area contributed by atoms with Crippen LogP contribution in [0.15, 0.2) is 24.3 Å². The SMILES string of the molecule is CC(=O)NC1CCCN(C(=O)c2ccc(CCl)cc2)C1. The van der Waals surface area contributed by atoms with E-state index in [9.17, 15) is 9.59 Å². The first-order valence-corrected chi connectivity index (χ1v) is 7.35. The predicted octanol–water partition coefficient (Wildman–Crippen LogP) is 2.17. The van der Waals surface area contributed by atoms with Crippen molar-refractivity contribution in [3.05, 3.63) is 35.4 Å². The Balaban J connectivity index is 2.02. The van der Waals surface area contributed by atoms with E-state index in [0.29, 0.717) is 18.0 Å². The van der Waals surface area contributed by atoms with Crippen LogP contribution in [0.2, 0.25) is 0 Å². The van der Waals surface area contributed by atoms with Gasteiger partial charge in [0, 0.05) is 37.5 Å². The summed E-state index contributed by atoms with van der Waals surface area (Å²) in [7, 11) is 0. The number of nitrogens with zero attached hydrogens (tertiary/aromatic N) is 1. The molecule has 1 fully saturated rings. The number of carbonyl (C=O) groups is 2. The highest BCUT2D eigenvalue weighted by atomic mass is 35.5. The Morgan fingerprint density at radius 3 is 2.65 bits per heavy atom. The molecule has 1 saturated heterocycles. The number of alkyl halides is 1. The van der Waals surface area contributed by atoms with Crippen LogP contribution in [0.25, 0.3) is 0 Å². The molecule has 1 aromatic carbocycles. The van der Waals surface area contributed by atoms with Gasteiger partial charge in [-0.05, 0) is 30.5 Å². The molecule has 108 valence electrons. The maximum atomic E-state index is 12.4. The maximum absolute atomic E-state index is 12.4. The van der Waals surface area contributed by atoms with E-state index in [0.717, 1.165) is 24.9 Å². The average molecular weight is 295 g/mol. The molecule has 1 atom stereocenters. The van der Waals surface area contributed by atoms with Crippen molar-refractivity contribution in [2.24, 2.45) is 0 Å². The third kappa shape index (κ3) is 3.73. The summed E-state index contributed by atoms with van der Waals surface area (Å²) in [6.45, 7) is 2.83. The molecule has 4 nitrogen and oxygen atoms in total. The number of rotatable bonds is 3. The van der Waals surface area contributed by atoms with E-state index in [1.165, 1.54) is 6.92 Å². The fraction of sp³-hybridized carbons (Fsp3) is 0.467.